The molecule has 0 aliphatic carbocycles. The first kappa shape index (κ1) is 22.3. The van der Waals surface area contributed by atoms with Gasteiger partial charge in [0.1, 0.15) is 0 Å². The maximum atomic E-state index is 13.1. The largest absolute Gasteiger partial charge is 0.493 e. The minimum atomic E-state index is -4.76. The predicted octanol–water partition coefficient (Wildman–Crippen LogP) is 4.59. The molecule has 0 atom stereocenters. The molecule has 0 fully saturated rings. The molecule has 0 aliphatic heterocycles. The summed E-state index contributed by atoms with van der Waals surface area (Å²) in [6.45, 7) is 1.60. The fourth-order valence-electron chi connectivity index (χ4n) is 2.58. The van der Waals surface area contributed by atoms with Gasteiger partial charge in [0.2, 0.25) is 10.0 Å². The molecule has 154 valence electrons. The van der Waals surface area contributed by atoms with Crippen molar-refractivity contribution < 1.29 is 31.1 Å². The SMILES string of the molecule is CCN(Cc1ccc(OC)c(OC)c1)S(=O)(=O)c1ccc(Cl)c(C(F)(F)F)c1. The molecule has 0 heterocycles. The number of alkyl halides is 3. The molecule has 2 aromatic carbocycles. The van der Waals surface area contributed by atoms with Crippen LogP contribution in [0.5, 0.6) is 11.5 Å². The first-order valence-electron chi connectivity index (χ1n) is 8.12. The topological polar surface area (TPSA) is 55.8 Å². The first-order valence-corrected chi connectivity index (χ1v) is 9.94. The van der Waals surface area contributed by atoms with Gasteiger partial charge in [-0.2, -0.15) is 17.5 Å². The molecule has 0 saturated carbocycles. The summed E-state index contributed by atoms with van der Waals surface area (Å²) in [5, 5.41) is -0.561. The van der Waals surface area contributed by atoms with Crippen molar-refractivity contribution in [2.75, 3.05) is 20.8 Å². The molecule has 0 bridgehead atoms. The van der Waals surface area contributed by atoms with Gasteiger partial charge in [-0.05, 0) is 35.9 Å². The molecule has 0 saturated heterocycles. The van der Waals surface area contributed by atoms with E-state index in [-0.39, 0.29) is 13.1 Å². The Balaban J connectivity index is 2.41. The number of methoxy groups -OCH3 is 2. The third-order valence-corrected chi connectivity index (χ3v) is 6.29. The van der Waals surface area contributed by atoms with Crippen LogP contribution in [0.3, 0.4) is 0 Å². The lowest BCUT2D eigenvalue weighted by Crippen LogP contribution is -2.30. The molecule has 0 spiro atoms. The van der Waals surface area contributed by atoms with Gasteiger partial charge in [0.15, 0.2) is 11.5 Å². The van der Waals surface area contributed by atoms with E-state index in [2.05, 4.69) is 0 Å². The van der Waals surface area contributed by atoms with Crippen molar-refractivity contribution in [1.29, 1.82) is 0 Å². The number of hydrogen-bond donors (Lipinski definition) is 0. The Bertz CT molecular complexity index is 948. The van der Waals surface area contributed by atoms with E-state index in [0.29, 0.717) is 23.1 Å². The Morgan fingerprint density at radius 2 is 1.68 bits per heavy atom. The van der Waals surface area contributed by atoms with Crippen molar-refractivity contribution in [3.8, 4) is 11.5 Å². The van der Waals surface area contributed by atoms with Gasteiger partial charge in [-0.1, -0.05) is 24.6 Å². The van der Waals surface area contributed by atoms with E-state index in [0.717, 1.165) is 16.4 Å². The highest BCUT2D eigenvalue weighted by Gasteiger charge is 2.35. The van der Waals surface area contributed by atoms with Crippen LogP contribution in [0.1, 0.15) is 18.1 Å². The molecule has 0 N–H and O–H groups in total. The standard InChI is InChI=1S/C18H19ClF3NO4S/c1-4-23(11-12-5-8-16(26-2)17(9-12)27-3)28(24,25)13-6-7-15(19)14(10-13)18(20,21)22/h5-10H,4,11H2,1-3H3. The third kappa shape index (κ3) is 4.71. The lowest BCUT2D eigenvalue weighted by molar-refractivity contribution is -0.137. The monoisotopic (exact) mass is 437 g/mol. The Morgan fingerprint density at radius 3 is 2.21 bits per heavy atom. The zero-order valence-electron chi connectivity index (χ0n) is 15.4. The quantitative estimate of drug-likeness (QED) is 0.636. The van der Waals surface area contributed by atoms with Crippen molar-refractivity contribution in [3.05, 3.63) is 52.5 Å². The van der Waals surface area contributed by atoms with Crippen LogP contribution in [0.2, 0.25) is 5.02 Å². The van der Waals surface area contributed by atoms with Crippen LogP contribution < -0.4 is 9.47 Å². The summed E-state index contributed by atoms with van der Waals surface area (Å²) in [6.07, 6.45) is -4.76. The first-order chi connectivity index (χ1) is 13.0. The molecule has 2 aromatic rings. The van der Waals surface area contributed by atoms with Gasteiger partial charge in [-0.15, -0.1) is 0 Å². The van der Waals surface area contributed by atoms with Gasteiger partial charge in [-0.25, -0.2) is 8.42 Å². The summed E-state index contributed by atoms with van der Waals surface area (Å²) in [7, 11) is -1.26. The van der Waals surface area contributed by atoms with Gasteiger partial charge in [-0.3, -0.25) is 0 Å². The summed E-state index contributed by atoms with van der Waals surface area (Å²) in [6, 6.07) is 7.43. The normalized spacial score (nSPS) is 12.3. The van der Waals surface area contributed by atoms with Crippen LogP contribution in [-0.2, 0) is 22.7 Å². The minimum Gasteiger partial charge on any atom is -0.493 e. The van der Waals surface area contributed by atoms with E-state index in [1.54, 1.807) is 25.1 Å². The lowest BCUT2D eigenvalue weighted by atomic mass is 10.2. The van der Waals surface area contributed by atoms with Gasteiger partial charge in [0, 0.05) is 13.1 Å². The number of benzene rings is 2. The van der Waals surface area contributed by atoms with Crippen LogP contribution in [0.25, 0.3) is 0 Å². The van der Waals surface area contributed by atoms with E-state index in [9.17, 15) is 21.6 Å². The Morgan fingerprint density at radius 1 is 1.04 bits per heavy atom. The van der Waals surface area contributed by atoms with Crippen LogP contribution in [0, 0.1) is 0 Å². The van der Waals surface area contributed by atoms with E-state index in [1.807, 2.05) is 0 Å². The molecular formula is C18H19ClF3NO4S. The molecule has 5 nitrogen and oxygen atoms in total. The maximum absolute atomic E-state index is 13.1. The summed E-state index contributed by atoms with van der Waals surface area (Å²) >= 11 is 5.58. The van der Waals surface area contributed by atoms with E-state index in [4.69, 9.17) is 21.1 Å². The van der Waals surface area contributed by atoms with Crippen molar-refractivity contribution in [2.45, 2.75) is 24.5 Å². The molecule has 28 heavy (non-hydrogen) atoms. The predicted molar refractivity (Wildman–Crippen MR) is 99.3 cm³/mol. The van der Waals surface area contributed by atoms with Crippen molar-refractivity contribution in [2.24, 2.45) is 0 Å². The number of ether oxygens (including phenoxy) is 2. The van der Waals surface area contributed by atoms with Crippen LogP contribution >= 0.6 is 11.6 Å². The number of sulfonamides is 1. The Hall–Kier alpha value is -1.97. The average molecular weight is 438 g/mol. The Kier molecular flexibility index (Phi) is 6.84. The van der Waals surface area contributed by atoms with Crippen LogP contribution in [-0.4, -0.2) is 33.5 Å². The number of halogens is 4. The number of nitrogens with zero attached hydrogens (tertiary/aromatic N) is 1. The molecular weight excluding hydrogens is 419 g/mol. The molecule has 10 heteroatoms. The maximum Gasteiger partial charge on any atom is 0.417 e. The average Bonchev–Trinajstić information content (AvgIpc) is 2.64. The molecule has 0 aromatic heterocycles. The molecule has 0 aliphatic rings. The second kappa shape index (κ2) is 8.59. The third-order valence-electron chi connectivity index (χ3n) is 4.04. The minimum absolute atomic E-state index is 0.0524. The zero-order valence-corrected chi connectivity index (χ0v) is 17.0. The highest BCUT2D eigenvalue weighted by molar-refractivity contribution is 7.89. The molecule has 0 amide bonds. The summed E-state index contributed by atoms with van der Waals surface area (Å²) < 4.78 is 76.4. The second-order valence-corrected chi connectivity index (χ2v) is 8.11. The van der Waals surface area contributed by atoms with Gasteiger partial charge < -0.3 is 9.47 Å². The zero-order chi connectivity index (χ0) is 21.1. The summed E-state index contributed by atoms with van der Waals surface area (Å²) in [5.41, 5.74) is -0.606. The van der Waals surface area contributed by atoms with E-state index in [1.165, 1.54) is 14.2 Å². The summed E-state index contributed by atoms with van der Waals surface area (Å²) in [4.78, 5) is -0.480. The molecule has 0 unspecified atom stereocenters. The second-order valence-electron chi connectivity index (χ2n) is 5.76. The van der Waals surface area contributed by atoms with Crippen LogP contribution in [0.4, 0.5) is 13.2 Å². The number of rotatable bonds is 7. The lowest BCUT2D eigenvalue weighted by Gasteiger charge is -2.22. The van der Waals surface area contributed by atoms with Crippen molar-refractivity contribution in [1.82, 2.24) is 4.31 Å². The van der Waals surface area contributed by atoms with Gasteiger partial charge in [0.25, 0.3) is 0 Å². The Labute approximate surface area is 166 Å². The number of hydrogen-bond acceptors (Lipinski definition) is 4. The highest BCUT2D eigenvalue weighted by Crippen LogP contribution is 2.36. The molecule has 2 rings (SSSR count). The smallest absolute Gasteiger partial charge is 0.417 e. The summed E-state index contributed by atoms with van der Waals surface area (Å²) in [5.74, 6) is 0.893. The van der Waals surface area contributed by atoms with E-state index < -0.39 is 31.7 Å². The van der Waals surface area contributed by atoms with Crippen LogP contribution in [0.15, 0.2) is 41.3 Å². The van der Waals surface area contributed by atoms with Crippen molar-refractivity contribution >= 4 is 21.6 Å². The fraction of sp³-hybridized carbons (Fsp3) is 0.333. The van der Waals surface area contributed by atoms with Gasteiger partial charge >= 0.3 is 6.18 Å². The fourth-order valence-corrected chi connectivity index (χ4v) is 4.27. The molecule has 0 radical (unpaired) electrons. The van der Waals surface area contributed by atoms with Gasteiger partial charge in [0.05, 0.1) is 29.7 Å². The highest BCUT2D eigenvalue weighted by atomic mass is 35.5. The van der Waals surface area contributed by atoms with E-state index >= 15 is 0 Å². The van der Waals surface area contributed by atoms with Crippen molar-refractivity contribution in [3.63, 3.8) is 0 Å².